The number of fused-ring (bicyclic) bond motifs is 1. The molecule has 0 amide bonds. The first-order valence-electron chi connectivity index (χ1n) is 10.4. The summed E-state index contributed by atoms with van der Waals surface area (Å²) in [5, 5.41) is 8.89. The second kappa shape index (κ2) is 9.10. The number of aryl methyl sites for hydroxylation is 1. The summed E-state index contributed by atoms with van der Waals surface area (Å²) in [6, 6.07) is 17.3. The van der Waals surface area contributed by atoms with Crippen molar-refractivity contribution in [2.75, 3.05) is 6.61 Å². The first-order valence-corrected chi connectivity index (χ1v) is 11.8. The number of aliphatic carboxylic acids is 1. The Labute approximate surface area is 187 Å². The zero-order valence-corrected chi connectivity index (χ0v) is 18.4. The monoisotopic (exact) mass is 452 g/mol. The van der Waals surface area contributed by atoms with Crippen molar-refractivity contribution < 1.29 is 23.1 Å². The molecule has 2 aromatic carbocycles. The topological polar surface area (TPSA) is 106 Å². The number of rotatable bonds is 7. The summed E-state index contributed by atoms with van der Waals surface area (Å²) in [5.74, 6) is -0.566. The number of benzene rings is 2. The molecule has 0 saturated heterocycles. The fraction of sp³-hybridized carbons (Fsp3) is 0.250. The Morgan fingerprint density at radius 2 is 1.88 bits per heavy atom. The van der Waals surface area contributed by atoms with Crippen molar-refractivity contribution in [3.8, 4) is 17.0 Å². The summed E-state index contributed by atoms with van der Waals surface area (Å²) >= 11 is 0. The molecule has 2 N–H and O–H groups in total. The van der Waals surface area contributed by atoms with E-state index in [1.807, 2.05) is 31.2 Å². The van der Waals surface area contributed by atoms with Gasteiger partial charge in [0.1, 0.15) is 5.75 Å². The van der Waals surface area contributed by atoms with Crippen LogP contribution in [0.2, 0.25) is 0 Å². The summed E-state index contributed by atoms with van der Waals surface area (Å²) in [6.45, 7) is 1.47. The van der Waals surface area contributed by atoms with Crippen LogP contribution in [0.1, 0.15) is 35.7 Å². The average Bonchev–Trinajstić information content (AvgIpc) is 2.78. The predicted octanol–water partition coefficient (Wildman–Crippen LogP) is 3.88. The molecule has 32 heavy (non-hydrogen) atoms. The van der Waals surface area contributed by atoms with Gasteiger partial charge in [0, 0.05) is 17.3 Å². The number of carboxylic acid groups (broad SMARTS) is 1. The Hall–Kier alpha value is -3.23. The minimum atomic E-state index is -3.75. The quantitative estimate of drug-likeness (QED) is 0.564. The molecule has 1 unspecified atom stereocenters. The summed E-state index contributed by atoms with van der Waals surface area (Å²) in [5.41, 5.74) is 4.20. The summed E-state index contributed by atoms with van der Waals surface area (Å²) in [4.78, 5) is 15.5. The van der Waals surface area contributed by atoms with Gasteiger partial charge in [0.05, 0.1) is 10.6 Å². The van der Waals surface area contributed by atoms with Crippen LogP contribution in [-0.4, -0.2) is 31.1 Å². The molecule has 1 aliphatic carbocycles. The lowest BCUT2D eigenvalue weighted by atomic mass is 9.87. The lowest BCUT2D eigenvalue weighted by Gasteiger charge is -2.27. The molecule has 1 aromatic heterocycles. The van der Waals surface area contributed by atoms with E-state index in [2.05, 4.69) is 9.71 Å². The smallest absolute Gasteiger partial charge is 0.341 e. The molecule has 0 aliphatic heterocycles. The Morgan fingerprint density at radius 3 is 2.59 bits per heavy atom. The van der Waals surface area contributed by atoms with Gasteiger partial charge in [-0.2, -0.15) is 0 Å². The molecule has 7 nitrogen and oxygen atoms in total. The average molecular weight is 453 g/mol. The molecular formula is C24H24N2O5S. The van der Waals surface area contributed by atoms with Crippen molar-refractivity contribution in [1.82, 2.24) is 9.71 Å². The molecule has 1 aliphatic rings. The van der Waals surface area contributed by atoms with Crippen molar-refractivity contribution in [2.45, 2.75) is 37.1 Å². The standard InChI is InChI=1S/C24H24N2O5S/c1-16-5-2-8-21(25-16)17-11-13-18(14-12-17)32(29,30)26-22-9-3-7-20-19(22)6-4-10-23(20)31-15-24(27)28/h2,4-6,8,10-14,22,26H,3,7,9,15H2,1H3,(H,27,28). The van der Waals surface area contributed by atoms with Gasteiger partial charge >= 0.3 is 5.97 Å². The zero-order chi connectivity index (χ0) is 22.7. The van der Waals surface area contributed by atoms with Gasteiger partial charge in [-0.1, -0.05) is 30.3 Å². The van der Waals surface area contributed by atoms with E-state index in [1.165, 1.54) is 0 Å². The van der Waals surface area contributed by atoms with Crippen molar-refractivity contribution >= 4 is 16.0 Å². The molecule has 166 valence electrons. The lowest BCUT2D eigenvalue weighted by molar-refractivity contribution is -0.139. The Bertz CT molecular complexity index is 1240. The highest BCUT2D eigenvalue weighted by atomic mass is 32.2. The van der Waals surface area contributed by atoms with Gasteiger partial charge in [-0.05, 0) is 67.6 Å². The second-order valence-corrected chi connectivity index (χ2v) is 9.48. The van der Waals surface area contributed by atoms with Crippen molar-refractivity contribution in [1.29, 1.82) is 0 Å². The van der Waals surface area contributed by atoms with E-state index in [0.29, 0.717) is 18.6 Å². The van der Waals surface area contributed by atoms with E-state index in [4.69, 9.17) is 9.84 Å². The number of pyridine rings is 1. The summed E-state index contributed by atoms with van der Waals surface area (Å²) in [6.07, 6.45) is 2.13. The van der Waals surface area contributed by atoms with Crippen LogP contribution in [0.4, 0.5) is 0 Å². The lowest BCUT2D eigenvalue weighted by Crippen LogP contribution is -2.31. The molecule has 3 aromatic rings. The van der Waals surface area contributed by atoms with Crippen LogP contribution >= 0.6 is 0 Å². The van der Waals surface area contributed by atoms with Crippen LogP contribution in [0, 0.1) is 6.92 Å². The molecule has 1 heterocycles. The zero-order valence-electron chi connectivity index (χ0n) is 17.6. The number of aromatic nitrogens is 1. The van der Waals surface area contributed by atoms with Gasteiger partial charge < -0.3 is 9.84 Å². The highest BCUT2D eigenvalue weighted by molar-refractivity contribution is 7.89. The van der Waals surface area contributed by atoms with E-state index < -0.39 is 28.6 Å². The molecule has 0 spiro atoms. The number of nitrogens with zero attached hydrogens (tertiary/aromatic N) is 1. The van der Waals surface area contributed by atoms with Crippen molar-refractivity contribution in [3.05, 3.63) is 77.5 Å². The van der Waals surface area contributed by atoms with Gasteiger partial charge in [0.25, 0.3) is 0 Å². The number of hydrogen-bond acceptors (Lipinski definition) is 5. The van der Waals surface area contributed by atoms with E-state index in [9.17, 15) is 13.2 Å². The van der Waals surface area contributed by atoms with Crippen LogP contribution in [0.5, 0.6) is 5.75 Å². The number of nitrogens with one attached hydrogen (secondary N) is 1. The molecule has 0 fully saturated rings. The third-order valence-electron chi connectivity index (χ3n) is 5.46. The van der Waals surface area contributed by atoms with Crippen LogP contribution in [0.25, 0.3) is 11.3 Å². The van der Waals surface area contributed by atoms with Crippen LogP contribution in [0.3, 0.4) is 0 Å². The minimum absolute atomic E-state index is 0.180. The van der Waals surface area contributed by atoms with Crippen LogP contribution < -0.4 is 9.46 Å². The Balaban J connectivity index is 1.56. The number of ether oxygens (including phenoxy) is 1. The van der Waals surface area contributed by atoms with Gasteiger partial charge in [-0.25, -0.2) is 17.9 Å². The third-order valence-corrected chi connectivity index (χ3v) is 6.95. The SMILES string of the molecule is Cc1cccc(-c2ccc(S(=O)(=O)NC3CCCc4c(OCC(=O)O)cccc43)cc2)n1. The fourth-order valence-electron chi connectivity index (χ4n) is 3.98. The Kier molecular flexibility index (Phi) is 6.25. The Morgan fingerprint density at radius 1 is 1.12 bits per heavy atom. The van der Waals surface area contributed by atoms with E-state index in [0.717, 1.165) is 34.5 Å². The molecule has 8 heteroatoms. The highest BCUT2D eigenvalue weighted by Gasteiger charge is 2.27. The highest BCUT2D eigenvalue weighted by Crippen LogP contribution is 2.36. The second-order valence-electron chi connectivity index (χ2n) is 7.76. The number of carbonyl (C=O) groups is 1. The van der Waals surface area contributed by atoms with Gasteiger partial charge in [-0.15, -0.1) is 0 Å². The fourth-order valence-corrected chi connectivity index (χ4v) is 5.23. The van der Waals surface area contributed by atoms with Crippen molar-refractivity contribution in [2.24, 2.45) is 0 Å². The molecule has 1 atom stereocenters. The molecular weight excluding hydrogens is 428 g/mol. The number of hydrogen-bond donors (Lipinski definition) is 2. The predicted molar refractivity (Wildman–Crippen MR) is 120 cm³/mol. The largest absolute Gasteiger partial charge is 0.482 e. The van der Waals surface area contributed by atoms with Gasteiger partial charge in [0.15, 0.2) is 6.61 Å². The van der Waals surface area contributed by atoms with Crippen LogP contribution in [-0.2, 0) is 21.2 Å². The molecule has 4 rings (SSSR count). The maximum Gasteiger partial charge on any atom is 0.341 e. The number of carboxylic acids is 1. The normalized spacial score (nSPS) is 15.7. The van der Waals surface area contributed by atoms with Crippen molar-refractivity contribution in [3.63, 3.8) is 0 Å². The molecule has 0 saturated carbocycles. The van der Waals surface area contributed by atoms with Gasteiger partial charge in [0.2, 0.25) is 10.0 Å². The first-order chi connectivity index (χ1) is 15.3. The number of sulfonamides is 1. The maximum atomic E-state index is 13.1. The minimum Gasteiger partial charge on any atom is -0.482 e. The maximum absolute atomic E-state index is 13.1. The van der Waals surface area contributed by atoms with E-state index in [-0.39, 0.29) is 4.90 Å². The summed E-state index contributed by atoms with van der Waals surface area (Å²) < 4.78 is 34.4. The molecule has 0 radical (unpaired) electrons. The van der Waals surface area contributed by atoms with Gasteiger partial charge in [-0.3, -0.25) is 4.98 Å². The van der Waals surface area contributed by atoms with E-state index >= 15 is 0 Å². The van der Waals surface area contributed by atoms with E-state index in [1.54, 1.807) is 36.4 Å². The third kappa shape index (κ3) is 4.81. The van der Waals surface area contributed by atoms with Crippen LogP contribution in [0.15, 0.2) is 65.6 Å². The molecule has 0 bridgehead atoms. The first kappa shape index (κ1) is 22.0. The summed E-state index contributed by atoms with van der Waals surface area (Å²) in [7, 11) is -3.75.